The van der Waals surface area contributed by atoms with Gasteiger partial charge in [0, 0.05) is 44.1 Å². The summed E-state index contributed by atoms with van der Waals surface area (Å²) in [6.45, 7) is 5.00. The molecule has 1 unspecified atom stereocenters. The number of piperazine rings is 1. The maximum atomic E-state index is 13.1. The third-order valence-corrected chi connectivity index (χ3v) is 5.64. The number of rotatable bonds is 5. The number of hydrogen-bond donors (Lipinski definition) is 1. The summed E-state index contributed by atoms with van der Waals surface area (Å²) in [5, 5.41) is 3.41. The number of anilines is 1. The smallest absolute Gasteiger partial charge is 0.253 e. The first-order valence-corrected chi connectivity index (χ1v) is 9.92. The molecule has 0 aliphatic carbocycles. The fraction of sp³-hybridized carbons (Fsp3) is 0.476. The summed E-state index contributed by atoms with van der Waals surface area (Å²) in [5.74, 6) is 2.43. The standard InChI is InChI=1S/C21H27N5O2.2ClH/c1-28-19-3-2-17(13-18(19)12-16-4-5-22-14-16)21(27)26-10-8-25(9-11-26)20-15-23-6-7-24-20;;/h2-3,6-7,13,15-16,22H,4-5,8-12,14H2,1H3;2*1H. The topological polar surface area (TPSA) is 70.6 Å². The van der Waals surface area contributed by atoms with Crippen molar-refractivity contribution in [3.63, 3.8) is 0 Å². The SMILES string of the molecule is COc1ccc(C(=O)N2CCN(c3cnccn3)CC2)cc1CC1CCNC1.Cl.Cl. The lowest BCUT2D eigenvalue weighted by Gasteiger charge is -2.35. The number of carbonyl (C=O) groups excluding carboxylic acids is 1. The molecule has 4 rings (SSSR count). The summed E-state index contributed by atoms with van der Waals surface area (Å²) in [5.41, 5.74) is 1.87. The molecule has 1 atom stereocenters. The molecule has 1 N–H and O–H groups in total. The number of halogens is 2. The van der Waals surface area contributed by atoms with Crippen molar-refractivity contribution in [3.05, 3.63) is 47.9 Å². The monoisotopic (exact) mass is 453 g/mol. The molecule has 0 radical (unpaired) electrons. The fourth-order valence-corrected chi connectivity index (χ4v) is 4.05. The van der Waals surface area contributed by atoms with E-state index in [1.165, 1.54) is 6.42 Å². The lowest BCUT2D eigenvalue weighted by atomic mass is 9.96. The Labute approximate surface area is 190 Å². The highest BCUT2D eigenvalue weighted by Gasteiger charge is 2.24. The first kappa shape index (κ1) is 24.2. The van der Waals surface area contributed by atoms with E-state index in [2.05, 4.69) is 20.2 Å². The Kier molecular flexibility index (Phi) is 9.14. The first-order valence-electron chi connectivity index (χ1n) is 9.92. The Balaban J connectivity index is 0.00000160. The average molecular weight is 454 g/mol. The molecule has 1 aromatic carbocycles. The Morgan fingerprint density at radius 2 is 2.00 bits per heavy atom. The van der Waals surface area contributed by atoms with Crippen molar-refractivity contribution < 1.29 is 9.53 Å². The van der Waals surface area contributed by atoms with E-state index < -0.39 is 0 Å². The minimum Gasteiger partial charge on any atom is -0.496 e. The molecule has 164 valence electrons. The van der Waals surface area contributed by atoms with E-state index in [4.69, 9.17) is 4.74 Å². The lowest BCUT2D eigenvalue weighted by Crippen LogP contribution is -2.49. The molecule has 0 bridgehead atoms. The number of hydrogen-bond acceptors (Lipinski definition) is 6. The zero-order valence-corrected chi connectivity index (χ0v) is 18.8. The second kappa shape index (κ2) is 11.3. The summed E-state index contributed by atoms with van der Waals surface area (Å²) >= 11 is 0. The molecule has 3 heterocycles. The maximum absolute atomic E-state index is 13.1. The van der Waals surface area contributed by atoms with Crippen molar-refractivity contribution >= 4 is 36.5 Å². The predicted molar refractivity (Wildman–Crippen MR) is 122 cm³/mol. The quantitative estimate of drug-likeness (QED) is 0.749. The number of methoxy groups -OCH3 is 1. The van der Waals surface area contributed by atoms with Crippen LogP contribution >= 0.6 is 24.8 Å². The lowest BCUT2D eigenvalue weighted by molar-refractivity contribution is 0.0746. The van der Waals surface area contributed by atoms with Gasteiger partial charge in [0.05, 0.1) is 13.3 Å². The van der Waals surface area contributed by atoms with Crippen LogP contribution in [0.1, 0.15) is 22.3 Å². The van der Waals surface area contributed by atoms with Crippen molar-refractivity contribution in [2.75, 3.05) is 51.3 Å². The molecule has 1 aromatic heterocycles. The van der Waals surface area contributed by atoms with Crippen LogP contribution in [0, 0.1) is 5.92 Å². The molecule has 2 aliphatic heterocycles. The molecule has 2 aromatic rings. The molecule has 7 nitrogen and oxygen atoms in total. The number of benzene rings is 1. The molecule has 30 heavy (non-hydrogen) atoms. The van der Waals surface area contributed by atoms with Gasteiger partial charge in [-0.05, 0) is 55.6 Å². The van der Waals surface area contributed by atoms with E-state index in [1.54, 1.807) is 25.7 Å². The summed E-state index contributed by atoms with van der Waals surface area (Å²) in [4.78, 5) is 25.6. The van der Waals surface area contributed by atoms with E-state index in [9.17, 15) is 4.79 Å². The second-order valence-corrected chi connectivity index (χ2v) is 7.43. The van der Waals surface area contributed by atoms with Crippen LogP contribution in [0.2, 0.25) is 0 Å². The van der Waals surface area contributed by atoms with Crippen LogP contribution in [0.15, 0.2) is 36.8 Å². The van der Waals surface area contributed by atoms with Gasteiger partial charge in [-0.15, -0.1) is 24.8 Å². The second-order valence-electron chi connectivity index (χ2n) is 7.43. The third kappa shape index (κ3) is 5.53. The summed E-state index contributed by atoms with van der Waals surface area (Å²) in [6, 6.07) is 5.84. The van der Waals surface area contributed by atoms with Gasteiger partial charge >= 0.3 is 0 Å². The Morgan fingerprint density at radius 3 is 2.63 bits per heavy atom. The van der Waals surface area contributed by atoms with Gasteiger partial charge in [-0.1, -0.05) is 0 Å². The highest BCUT2D eigenvalue weighted by atomic mass is 35.5. The highest BCUT2D eigenvalue weighted by molar-refractivity contribution is 5.94. The highest BCUT2D eigenvalue weighted by Crippen LogP contribution is 2.26. The van der Waals surface area contributed by atoms with Crippen LogP contribution in [-0.4, -0.2) is 67.2 Å². The molecule has 2 aliphatic rings. The molecule has 1 amide bonds. The van der Waals surface area contributed by atoms with E-state index in [-0.39, 0.29) is 30.7 Å². The van der Waals surface area contributed by atoms with Crippen LogP contribution in [0.4, 0.5) is 5.82 Å². The Morgan fingerprint density at radius 1 is 1.20 bits per heavy atom. The van der Waals surface area contributed by atoms with E-state index in [0.717, 1.165) is 55.3 Å². The number of nitrogens with zero attached hydrogens (tertiary/aromatic N) is 4. The third-order valence-electron chi connectivity index (χ3n) is 5.64. The van der Waals surface area contributed by atoms with Crippen LogP contribution in [0.5, 0.6) is 5.75 Å². The molecule has 2 fully saturated rings. The Hall–Kier alpha value is -2.09. The number of amides is 1. The predicted octanol–water partition coefficient (Wildman–Crippen LogP) is 2.44. The van der Waals surface area contributed by atoms with Gasteiger partial charge < -0.3 is 19.9 Å². The first-order chi connectivity index (χ1) is 13.7. The molecule has 0 saturated carbocycles. The zero-order valence-electron chi connectivity index (χ0n) is 17.1. The number of carbonyl (C=O) groups is 1. The van der Waals surface area contributed by atoms with Gasteiger partial charge in [0.2, 0.25) is 0 Å². The van der Waals surface area contributed by atoms with Crippen molar-refractivity contribution in [2.45, 2.75) is 12.8 Å². The van der Waals surface area contributed by atoms with Crippen LogP contribution in [-0.2, 0) is 6.42 Å². The van der Waals surface area contributed by atoms with E-state index in [0.29, 0.717) is 19.0 Å². The van der Waals surface area contributed by atoms with Crippen LogP contribution in [0.25, 0.3) is 0 Å². The van der Waals surface area contributed by atoms with Crippen LogP contribution < -0.4 is 15.0 Å². The van der Waals surface area contributed by atoms with Gasteiger partial charge in [-0.25, -0.2) is 4.98 Å². The molecule has 9 heteroatoms. The van der Waals surface area contributed by atoms with Crippen molar-refractivity contribution in [1.82, 2.24) is 20.2 Å². The zero-order chi connectivity index (χ0) is 19.3. The van der Waals surface area contributed by atoms with Crippen molar-refractivity contribution in [3.8, 4) is 5.75 Å². The van der Waals surface area contributed by atoms with Crippen molar-refractivity contribution in [1.29, 1.82) is 0 Å². The maximum Gasteiger partial charge on any atom is 0.253 e. The minimum absolute atomic E-state index is 0. The van der Waals surface area contributed by atoms with Gasteiger partial charge in [-0.2, -0.15) is 0 Å². The van der Waals surface area contributed by atoms with Gasteiger partial charge in [-0.3, -0.25) is 9.78 Å². The largest absolute Gasteiger partial charge is 0.496 e. The van der Waals surface area contributed by atoms with Crippen molar-refractivity contribution in [2.24, 2.45) is 5.92 Å². The molecule has 0 spiro atoms. The summed E-state index contributed by atoms with van der Waals surface area (Å²) < 4.78 is 5.53. The average Bonchev–Trinajstić information content (AvgIpc) is 3.27. The van der Waals surface area contributed by atoms with E-state index in [1.807, 2.05) is 23.1 Å². The number of ether oxygens (including phenoxy) is 1. The fourth-order valence-electron chi connectivity index (χ4n) is 4.05. The minimum atomic E-state index is 0. The van der Waals surface area contributed by atoms with Crippen LogP contribution in [0.3, 0.4) is 0 Å². The molecule has 2 saturated heterocycles. The Bertz CT molecular complexity index is 810. The van der Waals surface area contributed by atoms with Gasteiger partial charge in [0.1, 0.15) is 11.6 Å². The van der Waals surface area contributed by atoms with Gasteiger partial charge in [0.25, 0.3) is 5.91 Å². The molecular weight excluding hydrogens is 425 g/mol. The summed E-state index contributed by atoms with van der Waals surface area (Å²) in [7, 11) is 1.69. The molecular formula is C21H29Cl2N5O2. The normalized spacial score (nSPS) is 18.4. The number of nitrogens with one attached hydrogen (secondary N) is 1. The van der Waals surface area contributed by atoms with E-state index >= 15 is 0 Å². The summed E-state index contributed by atoms with van der Waals surface area (Å²) in [6.07, 6.45) is 7.26. The van der Waals surface area contributed by atoms with Gasteiger partial charge in [0.15, 0.2) is 0 Å². The number of aromatic nitrogens is 2.